The van der Waals surface area contributed by atoms with Gasteiger partial charge >= 0.3 is 5.69 Å². The van der Waals surface area contributed by atoms with Crippen molar-refractivity contribution in [1.82, 2.24) is 9.97 Å². The minimum absolute atomic E-state index is 0.0574. The molecule has 1 N–H and O–H groups in total. The lowest BCUT2D eigenvalue weighted by atomic mass is 10.1. The van der Waals surface area contributed by atoms with Gasteiger partial charge in [-0.3, -0.25) is 10.1 Å². The lowest BCUT2D eigenvalue weighted by Gasteiger charge is -2.28. The molecular formula is C21H20ClFN4O4. The van der Waals surface area contributed by atoms with Gasteiger partial charge in [0.1, 0.15) is 24.1 Å². The molecule has 2 aliphatic heterocycles. The molecule has 0 spiro atoms. The van der Waals surface area contributed by atoms with Crippen LogP contribution in [0.25, 0.3) is 0 Å². The van der Waals surface area contributed by atoms with Gasteiger partial charge in [0.2, 0.25) is 0 Å². The Bertz CT molecular complexity index is 1030. The highest BCUT2D eigenvalue weighted by Gasteiger charge is 2.36. The van der Waals surface area contributed by atoms with Crippen LogP contribution < -0.4 is 10.1 Å². The first kappa shape index (κ1) is 21.2. The minimum atomic E-state index is -0.552. The van der Waals surface area contributed by atoms with Crippen molar-refractivity contribution in [2.24, 2.45) is 0 Å². The van der Waals surface area contributed by atoms with Crippen LogP contribution in [0.4, 0.5) is 21.6 Å². The number of hydrogen-bond acceptors (Lipinski definition) is 7. The van der Waals surface area contributed by atoms with E-state index in [0.717, 1.165) is 12.8 Å². The second-order valence-corrected chi connectivity index (χ2v) is 7.76. The van der Waals surface area contributed by atoms with Gasteiger partial charge in [0.25, 0.3) is 0 Å². The summed E-state index contributed by atoms with van der Waals surface area (Å²) < 4.78 is 25.2. The van der Waals surface area contributed by atoms with E-state index in [-0.39, 0.29) is 40.6 Å². The van der Waals surface area contributed by atoms with Gasteiger partial charge in [0, 0.05) is 36.9 Å². The molecule has 31 heavy (non-hydrogen) atoms. The molecule has 2 bridgehead atoms. The third-order valence-corrected chi connectivity index (χ3v) is 5.45. The Hall–Kier alpha value is -3.04. The summed E-state index contributed by atoms with van der Waals surface area (Å²) in [4.78, 5) is 19.4. The van der Waals surface area contributed by atoms with Crippen molar-refractivity contribution in [2.75, 3.05) is 5.32 Å². The highest BCUT2D eigenvalue weighted by Crippen LogP contribution is 2.36. The zero-order valence-electron chi connectivity index (χ0n) is 16.4. The second kappa shape index (κ2) is 9.40. The second-order valence-electron chi connectivity index (χ2n) is 7.36. The summed E-state index contributed by atoms with van der Waals surface area (Å²) in [6.45, 7) is 0. The molecule has 2 atom stereocenters. The first-order valence-electron chi connectivity index (χ1n) is 9.85. The van der Waals surface area contributed by atoms with Gasteiger partial charge in [0.15, 0.2) is 5.75 Å². The zero-order chi connectivity index (χ0) is 21.8. The molecule has 1 aromatic carbocycles. The summed E-state index contributed by atoms with van der Waals surface area (Å²) in [7, 11) is 0. The first-order chi connectivity index (χ1) is 15.0. The average molecular weight is 447 g/mol. The van der Waals surface area contributed by atoms with E-state index < -0.39 is 10.7 Å². The van der Waals surface area contributed by atoms with E-state index in [1.165, 1.54) is 48.9 Å². The number of fused-ring (bicyclic) bond motifs is 2. The van der Waals surface area contributed by atoms with Crippen molar-refractivity contribution in [2.45, 2.75) is 44.0 Å². The SMILES string of the molecule is O=[N+]([O-])c1ccc(Nc2ccc(F)c(Cl)c2)ncnccc1OC1CC2CCC(C1)O2. The minimum Gasteiger partial charge on any atom is -0.483 e. The summed E-state index contributed by atoms with van der Waals surface area (Å²) in [5, 5.41) is 14.6. The lowest BCUT2D eigenvalue weighted by molar-refractivity contribution is -0.386. The van der Waals surface area contributed by atoms with Crippen LogP contribution in [0, 0.1) is 15.9 Å². The van der Waals surface area contributed by atoms with Crippen LogP contribution in [0.2, 0.25) is 5.02 Å². The number of halogens is 2. The topological polar surface area (TPSA) is 99.4 Å². The maximum atomic E-state index is 13.4. The molecule has 2 aliphatic rings. The molecule has 1 aromatic heterocycles. The number of aromatic nitrogens is 2. The smallest absolute Gasteiger partial charge is 0.311 e. The van der Waals surface area contributed by atoms with Crippen LogP contribution in [-0.2, 0) is 4.74 Å². The normalized spacial score (nSPS) is 21.8. The third-order valence-electron chi connectivity index (χ3n) is 5.16. The molecule has 4 rings (SSSR count). The molecule has 2 unspecified atom stereocenters. The number of benzene rings is 1. The number of ether oxygens (including phenoxy) is 2. The number of hydrogen-bond donors (Lipinski definition) is 1. The molecule has 10 heteroatoms. The molecule has 2 aromatic rings. The van der Waals surface area contributed by atoms with Crippen LogP contribution in [-0.4, -0.2) is 33.2 Å². The van der Waals surface area contributed by atoms with E-state index in [1.54, 1.807) is 0 Å². The molecule has 3 heterocycles. The van der Waals surface area contributed by atoms with Crippen LogP contribution in [0.1, 0.15) is 25.7 Å². The first-order valence-corrected chi connectivity index (χ1v) is 10.2. The Morgan fingerprint density at radius 1 is 1.19 bits per heavy atom. The number of anilines is 2. The molecule has 8 nitrogen and oxygen atoms in total. The van der Waals surface area contributed by atoms with Crippen molar-refractivity contribution in [3.63, 3.8) is 0 Å². The van der Waals surface area contributed by atoms with Gasteiger partial charge in [-0.2, -0.15) is 0 Å². The Labute approximate surface area is 182 Å². The van der Waals surface area contributed by atoms with E-state index in [1.807, 2.05) is 0 Å². The fourth-order valence-corrected chi connectivity index (χ4v) is 3.93. The molecule has 0 radical (unpaired) electrons. The van der Waals surface area contributed by atoms with E-state index >= 15 is 0 Å². The van der Waals surface area contributed by atoms with Crippen LogP contribution in [0.15, 0.2) is 48.9 Å². The Morgan fingerprint density at radius 3 is 2.68 bits per heavy atom. The zero-order valence-corrected chi connectivity index (χ0v) is 17.2. The number of nitrogens with zero attached hydrogens (tertiary/aromatic N) is 3. The van der Waals surface area contributed by atoms with Gasteiger partial charge in [-0.15, -0.1) is 0 Å². The fraction of sp³-hybridized carbons (Fsp3) is 0.333. The van der Waals surface area contributed by atoms with Crippen LogP contribution >= 0.6 is 11.6 Å². The summed E-state index contributed by atoms with van der Waals surface area (Å²) >= 11 is 5.81. The Kier molecular flexibility index (Phi) is 6.43. The van der Waals surface area contributed by atoms with E-state index in [4.69, 9.17) is 21.1 Å². The van der Waals surface area contributed by atoms with Crippen molar-refractivity contribution in [3.8, 4) is 5.75 Å². The molecule has 2 saturated heterocycles. The molecule has 0 saturated carbocycles. The predicted molar refractivity (Wildman–Crippen MR) is 113 cm³/mol. The third kappa shape index (κ3) is 5.36. The number of rotatable bonds is 5. The maximum absolute atomic E-state index is 13.4. The summed E-state index contributed by atoms with van der Waals surface area (Å²) in [5.74, 6) is -0.176. The van der Waals surface area contributed by atoms with Gasteiger partial charge in [-0.1, -0.05) is 11.6 Å². The van der Waals surface area contributed by atoms with Crippen molar-refractivity contribution < 1.29 is 18.8 Å². The van der Waals surface area contributed by atoms with E-state index in [9.17, 15) is 14.5 Å². The monoisotopic (exact) mass is 446 g/mol. The summed E-state index contributed by atoms with van der Waals surface area (Å²) in [6, 6.07) is 8.28. The van der Waals surface area contributed by atoms with Gasteiger partial charge in [-0.05, 0) is 37.1 Å². The maximum Gasteiger partial charge on any atom is 0.311 e. The molecule has 162 valence electrons. The molecular weight excluding hydrogens is 427 g/mol. The van der Waals surface area contributed by atoms with E-state index in [0.29, 0.717) is 18.5 Å². The van der Waals surface area contributed by atoms with E-state index in [2.05, 4.69) is 15.3 Å². The van der Waals surface area contributed by atoms with Crippen molar-refractivity contribution >= 4 is 28.8 Å². The fourth-order valence-electron chi connectivity index (χ4n) is 3.74. The highest BCUT2D eigenvalue weighted by molar-refractivity contribution is 6.31. The van der Waals surface area contributed by atoms with Gasteiger partial charge < -0.3 is 14.8 Å². The Morgan fingerprint density at radius 2 is 1.97 bits per heavy atom. The van der Waals surface area contributed by atoms with Crippen molar-refractivity contribution in [1.29, 1.82) is 0 Å². The highest BCUT2D eigenvalue weighted by atomic mass is 35.5. The number of nitro groups is 1. The van der Waals surface area contributed by atoms with Crippen LogP contribution in [0.3, 0.4) is 0 Å². The predicted octanol–water partition coefficient (Wildman–Crippen LogP) is 5.13. The number of nitrogens with one attached hydrogen (secondary N) is 1. The summed E-state index contributed by atoms with van der Waals surface area (Å²) in [6.07, 6.45) is 6.19. The average Bonchev–Trinajstić information content (AvgIpc) is 3.07. The molecule has 0 amide bonds. The Balaban J connectivity index is 1.64. The standard InChI is InChI=1S/C21H20ClFN4O4/c22-17-9-13(1-4-18(17)23)26-21-6-5-19(27(28)29)20(7-8-24-12-25-21)31-16-10-14-2-3-15(11-16)30-14/h1,4-9,12,14-16H,2-3,10-11H2,(H,24,25,26). The molecule has 2 fully saturated rings. The summed E-state index contributed by atoms with van der Waals surface area (Å²) in [5.41, 5.74) is 0.246. The van der Waals surface area contributed by atoms with Gasteiger partial charge in [0.05, 0.1) is 22.2 Å². The quantitative estimate of drug-likeness (QED) is 0.501. The lowest BCUT2D eigenvalue weighted by Crippen LogP contribution is -2.32. The van der Waals surface area contributed by atoms with Gasteiger partial charge in [-0.25, -0.2) is 14.4 Å². The molecule has 0 aliphatic carbocycles. The largest absolute Gasteiger partial charge is 0.483 e. The van der Waals surface area contributed by atoms with Crippen LogP contribution in [0.5, 0.6) is 5.75 Å². The van der Waals surface area contributed by atoms with Crippen molar-refractivity contribution in [3.05, 3.63) is 69.9 Å².